The summed E-state index contributed by atoms with van der Waals surface area (Å²) in [7, 11) is 4.86. The lowest BCUT2D eigenvalue weighted by molar-refractivity contribution is -0.139. The number of aryl methyl sites for hydroxylation is 1. The number of nitrogens with one attached hydrogen (secondary N) is 2. The Morgan fingerprint density at radius 3 is 2.77 bits per heavy atom. The number of urea groups is 1. The molecule has 0 radical (unpaired) electrons. The zero-order valence-corrected chi connectivity index (χ0v) is 18.5. The standard InChI is InChI=1S/C19H24N6O5S/c1-5-30-17(26)15-13(10-31-19-22-23-24-25(19)2)20-18(27)21-16(15)11-6-7-14(29-4)12(8-11)9-28-3/h6-8,16H,5,9-10H2,1-4H3,(H2,20,21,27)/t16-/m0/s1. The molecule has 1 aliphatic rings. The van der Waals surface area contributed by atoms with Gasteiger partial charge in [0.25, 0.3) is 0 Å². The second kappa shape index (κ2) is 10.3. The molecular formula is C19H24N6O5S. The molecule has 0 aliphatic carbocycles. The molecule has 1 atom stereocenters. The van der Waals surface area contributed by atoms with Crippen molar-refractivity contribution in [1.82, 2.24) is 30.8 Å². The molecule has 1 aliphatic heterocycles. The van der Waals surface area contributed by atoms with E-state index >= 15 is 0 Å². The molecule has 0 fully saturated rings. The summed E-state index contributed by atoms with van der Waals surface area (Å²) in [5, 5.41) is 17.4. The number of rotatable bonds is 9. The molecule has 2 aromatic rings. The van der Waals surface area contributed by atoms with Gasteiger partial charge in [0.15, 0.2) is 0 Å². The Kier molecular flexibility index (Phi) is 7.47. The van der Waals surface area contributed by atoms with Crippen LogP contribution in [0.5, 0.6) is 5.75 Å². The van der Waals surface area contributed by atoms with Crippen LogP contribution in [0.3, 0.4) is 0 Å². The zero-order valence-electron chi connectivity index (χ0n) is 17.7. The van der Waals surface area contributed by atoms with E-state index in [0.717, 1.165) is 5.56 Å². The molecule has 2 N–H and O–H groups in total. The number of aromatic nitrogens is 4. The molecule has 12 heteroatoms. The first-order valence-electron chi connectivity index (χ1n) is 9.47. The molecule has 1 aromatic heterocycles. The van der Waals surface area contributed by atoms with Crippen molar-refractivity contribution in [2.75, 3.05) is 26.6 Å². The molecular weight excluding hydrogens is 424 g/mol. The van der Waals surface area contributed by atoms with Gasteiger partial charge >= 0.3 is 12.0 Å². The molecule has 11 nitrogen and oxygen atoms in total. The van der Waals surface area contributed by atoms with Crippen molar-refractivity contribution in [2.24, 2.45) is 7.05 Å². The van der Waals surface area contributed by atoms with Crippen LogP contribution < -0.4 is 15.4 Å². The Morgan fingerprint density at radius 2 is 2.13 bits per heavy atom. The zero-order chi connectivity index (χ0) is 22.4. The molecule has 3 rings (SSSR count). The first-order valence-corrected chi connectivity index (χ1v) is 10.5. The number of esters is 1. The Bertz CT molecular complexity index is 992. The Morgan fingerprint density at radius 1 is 1.32 bits per heavy atom. The molecule has 0 saturated heterocycles. The molecule has 0 unspecified atom stereocenters. The van der Waals surface area contributed by atoms with Crippen molar-refractivity contribution in [2.45, 2.75) is 24.7 Å². The van der Waals surface area contributed by atoms with Gasteiger partial charge in [-0.3, -0.25) is 0 Å². The van der Waals surface area contributed by atoms with E-state index in [4.69, 9.17) is 14.2 Å². The van der Waals surface area contributed by atoms with Gasteiger partial charge in [-0.25, -0.2) is 14.3 Å². The Balaban J connectivity index is 2.02. The summed E-state index contributed by atoms with van der Waals surface area (Å²) in [5.41, 5.74) is 2.25. The van der Waals surface area contributed by atoms with Crippen LogP contribution in [0.15, 0.2) is 34.6 Å². The van der Waals surface area contributed by atoms with Gasteiger partial charge in [-0.05, 0) is 35.0 Å². The van der Waals surface area contributed by atoms with Crippen molar-refractivity contribution < 1.29 is 23.8 Å². The fraction of sp³-hybridized carbons (Fsp3) is 0.421. The number of benzene rings is 1. The third-order valence-electron chi connectivity index (χ3n) is 4.51. The highest BCUT2D eigenvalue weighted by atomic mass is 32.2. The van der Waals surface area contributed by atoms with E-state index in [1.165, 1.54) is 16.4 Å². The van der Waals surface area contributed by atoms with Crippen LogP contribution in [0.1, 0.15) is 24.1 Å². The van der Waals surface area contributed by atoms with Gasteiger partial charge in [0.05, 0.1) is 31.9 Å². The van der Waals surface area contributed by atoms with Crippen LogP contribution in [0.4, 0.5) is 4.79 Å². The second-order valence-corrected chi connectivity index (χ2v) is 7.46. The number of thioether (sulfide) groups is 1. The van der Waals surface area contributed by atoms with Crippen molar-refractivity contribution >= 4 is 23.8 Å². The first-order chi connectivity index (χ1) is 15.0. The molecule has 31 heavy (non-hydrogen) atoms. The maximum Gasteiger partial charge on any atom is 0.338 e. The number of tetrazole rings is 1. The van der Waals surface area contributed by atoms with Crippen molar-refractivity contribution in [1.29, 1.82) is 0 Å². The molecule has 0 spiro atoms. The molecule has 2 amide bonds. The summed E-state index contributed by atoms with van der Waals surface area (Å²) in [6.45, 7) is 2.25. The van der Waals surface area contributed by atoms with Crippen molar-refractivity contribution in [3.63, 3.8) is 0 Å². The van der Waals surface area contributed by atoms with Crippen LogP contribution in [0, 0.1) is 0 Å². The lowest BCUT2D eigenvalue weighted by atomic mass is 9.94. The smallest absolute Gasteiger partial charge is 0.338 e. The average Bonchev–Trinajstić information content (AvgIpc) is 3.16. The highest BCUT2D eigenvalue weighted by Gasteiger charge is 2.34. The van der Waals surface area contributed by atoms with Gasteiger partial charge in [-0.2, -0.15) is 0 Å². The van der Waals surface area contributed by atoms with Crippen LogP contribution in [0.2, 0.25) is 0 Å². The number of methoxy groups -OCH3 is 2. The number of ether oxygens (including phenoxy) is 3. The van der Waals surface area contributed by atoms with E-state index in [0.29, 0.717) is 34.3 Å². The van der Waals surface area contributed by atoms with E-state index in [9.17, 15) is 9.59 Å². The fourth-order valence-electron chi connectivity index (χ4n) is 3.16. The second-order valence-electron chi connectivity index (χ2n) is 6.52. The third-order valence-corrected chi connectivity index (χ3v) is 5.55. The van der Waals surface area contributed by atoms with E-state index in [1.54, 1.807) is 40.3 Å². The fourth-order valence-corrected chi connectivity index (χ4v) is 3.98. The summed E-state index contributed by atoms with van der Waals surface area (Å²) in [6, 6.07) is 4.29. The van der Waals surface area contributed by atoms with E-state index in [1.807, 2.05) is 6.07 Å². The number of hydrogen-bond acceptors (Lipinski definition) is 9. The summed E-state index contributed by atoms with van der Waals surface area (Å²) in [5.74, 6) is 0.404. The summed E-state index contributed by atoms with van der Waals surface area (Å²) >= 11 is 1.29. The number of carbonyl (C=O) groups is 2. The van der Waals surface area contributed by atoms with Crippen LogP contribution in [-0.2, 0) is 27.9 Å². The monoisotopic (exact) mass is 448 g/mol. The lowest BCUT2D eigenvalue weighted by Gasteiger charge is -2.29. The molecule has 166 valence electrons. The SMILES string of the molecule is CCOC(=O)C1=C(CSc2nnnn2C)NC(=O)N[C@H]1c1ccc(OC)c(COC)c1. The Hall–Kier alpha value is -3.12. The minimum absolute atomic E-state index is 0.203. The predicted octanol–water partition coefficient (Wildman–Crippen LogP) is 1.33. The van der Waals surface area contributed by atoms with Gasteiger partial charge in [0, 0.05) is 31.2 Å². The van der Waals surface area contributed by atoms with E-state index in [-0.39, 0.29) is 12.4 Å². The normalized spacial score (nSPS) is 16.0. The number of hydrogen-bond donors (Lipinski definition) is 2. The summed E-state index contributed by atoms with van der Waals surface area (Å²) < 4.78 is 17.4. The van der Waals surface area contributed by atoms with Crippen LogP contribution in [-0.4, -0.2) is 58.8 Å². The largest absolute Gasteiger partial charge is 0.496 e. The average molecular weight is 449 g/mol. The summed E-state index contributed by atoms with van der Waals surface area (Å²) in [4.78, 5) is 25.3. The minimum Gasteiger partial charge on any atom is -0.496 e. The van der Waals surface area contributed by atoms with Gasteiger partial charge in [0.2, 0.25) is 5.16 Å². The number of carbonyl (C=O) groups excluding carboxylic acids is 2. The Labute approximate surface area is 183 Å². The lowest BCUT2D eigenvalue weighted by Crippen LogP contribution is -2.46. The van der Waals surface area contributed by atoms with Crippen molar-refractivity contribution in [3.05, 3.63) is 40.6 Å². The van der Waals surface area contributed by atoms with Gasteiger partial charge in [-0.15, -0.1) is 5.10 Å². The van der Waals surface area contributed by atoms with Gasteiger partial charge in [-0.1, -0.05) is 17.8 Å². The van der Waals surface area contributed by atoms with Gasteiger partial charge in [0.1, 0.15) is 5.75 Å². The molecule has 0 bridgehead atoms. The van der Waals surface area contributed by atoms with Crippen molar-refractivity contribution in [3.8, 4) is 5.75 Å². The summed E-state index contributed by atoms with van der Waals surface area (Å²) in [6.07, 6.45) is 0. The predicted molar refractivity (Wildman–Crippen MR) is 111 cm³/mol. The third kappa shape index (κ3) is 5.14. The van der Waals surface area contributed by atoms with Crippen LogP contribution in [0.25, 0.3) is 0 Å². The molecule has 2 heterocycles. The number of nitrogens with zero attached hydrogens (tertiary/aromatic N) is 4. The van der Waals surface area contributed by atoms with Gasteiger partial charge < -0.3 is 24.8 Å². The maximum atomic E-state index is 12.9. The van der Waals surface area contributed by atoms with Crippen LogP contribution >= 0.6 is 11.8 Å². The highest BCUT2D eigenvalue weighted by Crippen LogP contribution is 2.32. The topological polar surface area (TPSA) is 129 Å². The van der Waals surface area contributed by atoms with E-state index in [2.05, 4.69) is 26.2 Å². The highest BCUT2D eigenvalue weighted by molar-refractivity contribution is 7.99. The quantitative estimate of drug-likeness (QED) is 0.431. The first kappa shape index (κ1) is 22.6. The minimum atomic E-state index is -0.706. The molecule has 0 saturated carbocycles. The van der Waals surface area contributed by atoms with E-state index < -0.39 is 18.0 Å². The molecule has 1 aromatic carbocycles. The maximum absolute atomic E-state index is 12.9. The number of amides is 2.